The SMILES string of the molecule is [2H]c1c([2H])c([2H])c([C@@H](CCN(C(C)C)C(C)C)c2cc(CO)ccc2OC(=O)C(C)C)c([2H])c1[2H]. The van der Waals surface area contributed by atoms with Gasteiger partial charge in [-0.15, -0.1) is 0 Å². The Kier molecular flexibility index (Phi) is 6.58. The van der Waals surface area contributed by atoms with Crippen LogP contribution in [-0.4, -0.2) is 34.6 Å². The molecule has 0 saturated carbocycles. The molecule has 0 aliphatic heterocycles. The fourth-order valence-electron chi connectivity index (χ4n) is 3.57. The van der Waals surface area contributed by atoms with Gasteiger partial charge in [0.1, 0.15) is 5.75 Å². The Labute approximate surface area is 188 Å². The van der Waals surface area contributed by atoms with Gasteiger partial charge in [0, 0.05) is 23.6 Å². The van der Waals surface area contributed by atoms with Crippen LogP contribution in [0.5, 0.6) is 5.75 Å². The van der Waals surface area contributed by atoms with Crippen molar-refractivity contribution in [1.82, 2.24) is 4.90 Å². The Bertz CT molecular complexity index is 1020. The lowest BCUT2D eigenvalue weighted by Gasteiger charge is -2.32. The molecule has 0 aromatic heterocycles. The van der Waals surface area contributed by atoms with E-state index in [1.165, 1.54) is 0 Å². The summed E-state index contributed by atoms with van der Waals surface area (Å²) in [5.74, 6) is -1.21. The zero-order valence-electron chi connectivity index (χ0n) is 23.9. The molecule has 0 aliphatic carbocycles. The highest BCUT2D eigenvalue weighted by Crippen LogP contribution is 2.36. The molecule has 0 unspecified atom stereocenters. The molecule has 1 N–H and O–H groups in total. The van der Waals surface area contributed by atoms with Crippen LogP contribution in [0.3, 0.4) is 0 Å². The molecular weight excluding hydrogens is 374 g/mol. The van der Waals surface area contributed by atoms with Crippen molar-refractivity contribution in [3.05, 3.63) is 65.1 Å². The minimum Gasteiger partial charge on any atom is -0.426 e. The van der Waals surface area contributed by atoms with Gasteiger partial charge in [-0.2, -0.15) is 0 Å². The van der Waals surface area contributed by atoms with E-state index in [1.807, 2.05) is 0 Å². The number of carbonyl (C=O) groups is 1. The van der Waals surface area contributed by atoms with Crippen LogP contribution in [-0.2, 0) is 11.4 Å². The van der Waals surface area contributed by atoms with Gasteiger partial charge in [-0.1, -0.05) is 50.1 Å². The van der Waals surface area contributed by atoms with Crippen LogP contribution in [0.1, 0.15) is 77.4 Å². The Morgan fingerprint density at radius 2 is 1.70 bits per heavy atom. The number of carbonyl (C=O) groups excluding carboxylic acids is 1. The number of aliphatic hydroxyl groups excluding tert-OH is 1. The minimum absolute atomic E-state index is 0.153. The highest BCUT2D eigenvalue weighted by Gasteiger charge is 2.23. The van der Waals surface area contributed by atoms with Crippen LogP contribution < -0.4 is 4.74 Å². The first-order valence-electron chi connectivity index (χ1n) is 13.1. The molecule has 2 aromatic rings. The second-order valence-electron chi connectivity index (χ2n) is 8.41. The van der Waals surface area contributed by atoms with E-state index in [2.05, 4.69) is 32.6 Å². The third kappa shape index (κ3) is 6.41. The van der Waals surface area contributed by atoms with E-state index in [9.17, 15) is 9.90 Å². The van der Waals surface area contributed by atoms with E-state index < -0.39 is 30.0 Å². The summed E-state index contributed by atoms with van der Waals surface area (Å²) in [6.07, 6.45) is 0.422. The van der Waals surface area contributed by atoms with Crippen molar-refractivity contribution in [3.8, 4) is 5.75 Å². The number of esters is 1. The summed E-state index contributed by atoms with van der Waals surface area (Å²) in [6, 6.07) is 3.59. The molecule has 0 radical (unpaired) electrons. The average Bonchev–Trinajstić information content (AvgIpc) is 2.80. The molecule has 2 aromatic carbocycles. The van der Waals surface area contributed by atoms with Gasteiger partial charge < -0.3 is 9.84 Å². The molecule has 4 nitrogen and oxygen atoms in total. The molecule has 30 heavy (non-hydrogen) atoms. The topological polar surface area (TPSA) is 49.8 Å². The monoisotopic (exact) mass is 416 g/mol. The van der Waals surface area contributed by atoms with Crippen molar-refractivity contribution in [1.29, 1.82) is 0 Å². The summed E-state index contributed by atoms with van der Waals surface area (Å²) < 4.78 is 47.3. The summed E-state index contributed by atoms with van der Waals surface area (Å²) in [7, 11) is 0. The van der Waals surface area contributed by atoms with E-state index in [1.54, 1.807) is 32.0 Å². The number of hydrogen-bond donors (Lipinski definition) is 1. The highest BCUT2D eigenvalue weighted by atomic mass is 16.5. The van der Waals surface area contributed by atoms with E-state index >= 15 is 0 Å². The third-order valence-electron chi connectivity index (χ3n) is 5.18. The molecule has 4 heteroatoms. The van der Waals surface area contributed by atoms with Gasteiger partial charge in [0.25, 0.3) is 0 Å². The zero-order valence-corrected chi connectivity index (χ0v) is 18.9. The lowest BCUT2D eigenvalue weighted by molar-refractivity contribution is -0.137. The van der Waals surface area contributed by atoms with E-state index in [0.717, 1.165) is 0 Å². The van der Waals surface area contributed by atoms with Crippen LogP contribution in [0.2, 0.25) is 0 Å². The Balaban J connectivity index is 2.78. The molecule has 0 heterocycles. The summed E-state index contributed by atoms with van der Waals surface area (Å²) >= 11 is 0. The number of rotatable bonds is 10. The van der Waals surface area contributed by atoms with Gasteiger partial charge in [-0.3, -0.25) is 9.69 Å². The standard InChI is InChI=1S/C26H37NO3/c1-18(2)26(29)30-25-13-12-21(17-28)16-24(25)23(22-10-8-7-9-11-22)14-15-27(19(3)4)20(5)6/h7-13,16,18-20,23,28H,14-15,17H2,1-6H3/t23-/m1/s1/i7D,8D,9D,10D,11D. The summed E-state index contributed by atoms with van der Waals surface area (Å²) in [4.78, 5) is 14.7. The number of ether oxygens (including phenoxy) is 1. The van der Waals surface area contributed by atoms with Gasteiger partial charge in [-0.25, -0.2) is 0 Å². The smallest absolute Gasteiger partial charge is 0.313 e. The van der Waals surface area contributed by atoms with Gasteiger partial charge in [-0.05, 0) is 63.9 Å². The van der Waals surface area contributed by atoms with Crippen LogP contribution in [0.15, 0.2) is 48.4 Å². The largest absolute Gasteiger partial charge is 0.426 e. The lowest BCUT2D eigenvalue weighted by atomic mass is 9.86. The van der Waals surface area contributed by atoms with Crippen molar-refractivity contribution in [2.75, 3.05) is 6.54 Å². The molecule has 0 spiro atoms. The predicted octanol–water partition coefficient (Wildman–Crippen LogP) is 5.38. The van der Waals surface area contributed by atoms with Gasteiger partial charge in [0.15, 0.2) is 0 Å². The number of hydrogen-bond acceptors (Lipinski definition) is 4. The van der Waals surface area contributed by atoms with Crippen LogP contribution in [0, 0.1) is 5.92 Å². The maximum absolute atomic E-state index is 12.5. The van der Waals surface area contributed by atoms with Crippen molar-refractivity contribution >= 4 is 5.97 Å². The van der Waals surface area contributed by atoms with Crippen LogP contribution >= 0.6 is 0 Å². The Morgan fingerprint density at radius 3 is 2.23 bits per heavy atom. The molecule has 0 amide bonds. The minimum atomic E-state index is -0.662. The number of nitrogens with zero attached hydrogens (tertiary/aromatic N) is 1. The van der Waals surface area contributed by atoms with E-state index in [-0.39, 0.29) is 48.0 Å². The number of benzene rings is 2. The first-order chi connectivity index (χ1) is 16.3. The molecule has 0 saturated heterocycles. The van der Waals surface area contributed by atoms with Crippen molar-refractivity contribution < 1.29 is 21.5 Å². The van der Waals surface area contributed by atoms with Gasteiger partial charge >= 0.3 is 5.97 Å². The molecule has 0 fully saturated rings. The van der Waals surface area contributed by atoms with Crippen LogP contribution in [0.4, 0.5) is 0 Å². The first kappa shape index (κ1) is 17.5. The number of aliphatic hydroxyl groups is 1. The summed E-state index contributed by atoms with van der Waals surface area (Å²) in [5.41, 5.74) is 1.24. The predicted molar refractivity (Wildman–Crippen MR) is 123 cm³/mol. The molecule has 2 rings (SSSR count). The second kappa shape index (κ2) is 11.3. The highest BCUT2D eigenvalue weighted by molar-refractivity contribution is 5.75. The summed E-state index contributed by atoms with van der Waals surface area (Å²) in [6.45, 7) is 12.1. The average molecular weight is 417 g/mol. The molecule has 164 valence electrons. The molecule has 0 bridgehead atoms. The molecule has 0 aliphatic rings. The van der Waals surface area contributed by atoms with Crippen molar-refractivity contribution in [2.24, 2.45) is 5.92 Å². The quantitative estimate of drug-likeness (QED) is 0.417. The maximum atomic E-state index is 12.5. The lowest BCUT2D eigenvalue weighted by Crippen LogP contribution is -2.38. The van der Waals surface area contributed by atoms with E-state index in [4.69, 9.17) is 11.6 Å². The van der Waals surface area contributed by atoms with Crippen LogP contribution in [0.25, 0.3) is 0 Å². The fourth-order valence-corrected chi connectivity index (χ4v) is 3.57. The zero-order chi connectivity index (χ0) is 26.6. The van der Waals surface area contributed by atoms with E-state index in [0.29, 0.717) is 24.1 Å². The Hall–Kier alpha value is -2.17. The third-order valence-corrected chi connectivity index (χ3v) is 5.18. The Morgan fingerprint density at radius 1 is 1.07 bits per heavy atom. The molecular formula is C26H37NO3. The van der Waals surface area contributed by atoms with Gasteiger partial charge in [0.2, 0.25) is 0 Å². The normalized spacial score (nSPS) is 15.1. The maximum Gasteiger partial charge on any atom is 0.313 e. The fraction of sp³-hybridized carbons (Fsp3) is 0.500. The van der Waals surface area contributed by atoms with Gasteiger partial charge in [0.05, 0.1) is 19.4 Å². The summed E-state index contributed by atoms with van der Waals surface area (Å²) in [5, 5.41) is 9.80. The second-order valence-corrected chi connectivity index (χ2v) is 8.41. The van der Waals surface area contributed by atoms with Crippen molar-refractivity contribution in [2.45, 2.75) is 72.6 Å². The first-order valence-corrected chi connectivity index (χ1v) is 10.6. The van der Waals surface area contributed by atoms with Crippen molar-refractivity contribution in [3.63, 3.8) is 0 Å². The molecule has 1 atom stereocenters.